The number of primary amides is 1. The lowest BCUT2D eigenvalue weighted by Gasteiger charge is -2.07. The summed E-state index contributed by atoms with van der Waals surface area (Å²) in [6.07, 6.45) is 1.34. The number of benzene rings is 1. The van der Waals surface area contributed by atoms with Crippen LogP contribution in [0.25, 0.3) is 0 Å². The van der Waals surface area contributed by atoms with E-state index in [-0.39, 0.29) is 17.1 Å². The predicted molar refractivity (Wildman–Crippen MR) is 73.0 cm³/mol. The molecule has 0 aliphatic rings. The number of halogens is 1. The molecule has 98 valence electrons. The van der Waals surface area contributed by atoms with Crippen LogP contribution in [0.3, 0.4) is 0 Å². The molecule has 6 heteroatoms. The minimum absolute atomic E-state index is 0.195. The van der Waals surface area contributed by atoms with Crippen molar-refractivity contribution in [3.8, 4) is 5.88 Å². The fourth-order valence-electron chi connectivity index (χ4n) is 1.48. The molecule has 0 fully saturated rings. The van der Waals surface area contributed by atoms with Gasteiger partial charge in [-0.1, -0.05) is 23.7 Å². The van der Waals surface area contributed by atoms with Gasteiger partial charge in [0.1, 0.15) is 6.61 Å². The Kier molecular flexibility index (Phi) is 3.87. The second kappa shape index (κ2) is 5.58. The average molecular weight is 278 g/mol. The number of nitrogen functional groups attached to an aromatic ring is 1. The molecule has 1 aromatic carbocycles. The molecule has 0 aliphatic heterocycles. The fraction of sp³-hybridized carbons (Fsp3) is 0.0769. The minimum Gasteiger partial charge on any atom is -0.473 e. The zero-order valence-electron chi connectivity index (χ0n) is 9.97. The van der Waals surface area contributed by atoms with Gasteiger partial charge in [0.2, 0.25) is 5.88 Å². The van der Waals surface area contributed by atoms with Gasteiger partial charge in [0.15, 0.2) is 0 Å². The molecule has 5 nitrogen and oxygen atoms in total. The quantitative estimate of drug-likeness (QED) is 0.894. The van der Waals surface area contributed by atoms with E-state index >= 15 is 0 Å². The first-order valence-electron chi connectivity index (χ1n) is 5.49. The maximum Gasteiger partial charge on any atom is 0.251 e. The highest BCUT2D eigenvalue weighted by atomic mass is 35.5. The normalized spacial score (nSPS) is 10.2. The van der Waals surface area contributed by atoms with Crippen LogP contribution in [-0.4, -0.2) is 10.9 Å². The summed E-state index contributed by atoms with van der Waals surface area (Å²) >= 11 is 5.78. The van der Waals surface area contributed by atoms with Crippen LogP contribution in [0.2, 0.25) is 5.02 Å². The predicted octanol–water partition coefficient (Wildman–Crippen LogP) is 2.00. The maximum atomic E-state index is 11.1. The molecule has 0 atom stereocenters. The van der Waals surface area contributed by atoms with Crippen LogP contribution in [-0.2, 0) is 6.61 Å². The van der Waals surface area contributed by atoms with Crippen molar-refractivity contribution in [2.45, 2.75) is 6.61 Å². The number of rotatable bonds is 4. The lowest BCUT2D eigenvalue weighted by Crippen LogP contribution is -2.14. The Balaban J connectivity index is 2.09. The first-order chi connectivity index (χ1) is 9.06. The Hall–Kier alpha value is -2.27. The van der Waals surface area contributed by atoms with Crippen molar-refractivity contribution in [1.29, 1.82) is 0 Å². The maximum absolute atomic E-state index is 11.1. The van der Waals surface area contributed by atoms with E-state index < -0.39 is 5.91 Å². The van der Waals surface area contributed by atoms with Crippen LogP contribution < -0.4 is 16.2 Å². The number of anilines is 1. The van der Waals surface area contributed by atoms with Gasteiger partial charge in [-0.2, -0.15) is 0 Å². The van der Waals surface area contributed by atoms with Gasteiger partial charge < -0.3 is 16.2 Å². The molecular formula is C13H12ClN3O2. The lowest BCUT2D eigenvalue weighted by molar-refractivity contribution is 0.100. The first-order valence-corrected chi connectivity index (χ1v) is 5.86. The van der Waals surface area contributed by atoms with Crippen molar-refractivity contribution >= 4 is 23.2 Å². The molecule has 0 bridgehead atoms. The second-order valence-corrected chi connectivity index (χ2v) is 4.33. The number of aromatic nitrogens is 1. The third-order valence-electron chi connectivity index (χ3n) is 2.48. The van der Waals surface area contributed by atoms with Crippen LogP contribution in [0.1, 0.15) is 15.9 Å². The Morgan fingerprint density at radius 3 is 2.63 bits per heavy atom. The van der Waals surface area contributed by atoms with Gasteiger partial charge in [-0.3, -0.25) is 4.79 Å². The summed E-state index contributed by atoms with van der Waals surface area (Å²) in [7, 11) is 0. The summed E-state index contributed by atoms with van der Waals surface area (Å²) in [6, 6.07) is 8.65. The number of hydrogen-bond acceptors (Lipinski definition) is 4. The number of carbonyl (C=O) groups is 1. The van der Waals surface area contributed by atoms with Crippen molar-refractivity contribution in [2.24, 2.45) is 5.73 Å². The molecule has 1 amide bonds. The topological polar surface area (TPSA) is 91.2 Å². The van der Waals surface area contributed by atoms with Gasteiger partial charge in [-0.15, -0.1) is 0 Å². The van der Waals surface area contributed by atoms with Gasteiger partial charge in [0, 0.05) is 11.1 Å². The highest BCUT2D eigenvalue weighted by Crippen LogP contribution is 2.17. The number of amides is 1. The molecule has 0 saturated carbocycles. The third kappa shape index (κ3) is 3.35. The van der Waals surface area contributed by atoms with Crippen LogP contribution in [0.4, 0.5) is 5.69 Å². The zero-order valence-corrected chi connectivity index (χ0v) is 10.7. The second-order valence-electron chi connectivity index (χ2n) is 3.89. The SMILES string of the molecule is NC(=O)c1cc(OCc2ccc(Cl)cc2)ncc1N. The molecular weight excluding hydrogens is 266 g/mol. The van der Waals surface area contributed by atoms with E-state index in [1.807, 2.05) is 12.1 Å². The molecule has 1 heterocycles. The van der Waals surface area contributed by atoms with Crippen LogP contribution >= 0.6 is 11.6 Å². The zero-order chi connectivity index (χ0) is 13.8. The number of pyridine rings is 1. The summed E-state index contributed by atoms with van der Waals surface area (Å²) in [4.78, 5) is 15.1. The first kappa shape index (κ1) is 13.2. The van der Waals surface area contributed by atoms with E-state index in [1.54, 1.807) is 12.1 Å². The van der Waals surface area contributed by atoms with Crippen molar-refractivity contribution in [3.63, 3.8) is 0 Å². The van der Waals surface area contributed by atoms with Crippen molar-refractivity contribution in [1.82, 2.24) is 4.98 Å². The number of nitrogens with zero attached hydrogens (tertiary/aromatic N) is 1. The van der Waals surface area contributed by atoms with E-state index in [1.165, 1.54) is 12.3 Å². The van der Waals surface area contributed by atoms with Crippen LogP contribution in [0.15, 0.2) is 36.5 Å². The Bertz CT molecular complexity index is 599. The molecule has 0 radical (unpaired) electrons. The Morgan fingerprint density at radius 2 is 2.00 bits per heavy atom. The summed E-state index contributed by atoms with van der Waals surface area (Å²) in [5.74, 6) is -0.325. The largest absolute Gasteiger partial charge is 0.473 e. The highest BCUT2D eigenvalue weighted by molar-refractivity contribution is 6.30. The molecule has 0 spiro atoms. The van der Waals surface area contributed by atoms with Gasteiger partial charge in [0.05, 0.1) is 17.4 Å². The van der Waals surface area contributed by atoms with E-state index in [4.69, 9.17) is 27.8 Å². The molecule has 2 aromatic rings. The average Bonchev–Trinajstić information content (AvgIpc) is 2.39. The van der Waals surface area contributed by atoms with Crippen molar-refractivity contribution < 1.29 is 9.53 Å². The van der Waals surface area contributed by atoms with Crippen LogP contribution in [0.5, 0.6) is 5.88 Å². The highest BCUT2D eigenvalue weighted by Gasteiger charge is 2.08. The molecule has 4 N–H and O–H groups in total. The van der Waals surface area contributed by atoms with Crippen molar-refractivity contribution in [3.05, 3.63) is 52.7 Å². The molecule has 19 heavy (non-hydrogen) atoms. The number of carbonyl (C=O) groups excluding carboxylic acids is 1. The van der Waals surface area contributed by atoms with Crippen molar-refractivity contribution in [2.75, 3.05) is 5.73 Å². The third-order valence-corrected chi connectivity index (χ3v) is 2.73. The van der Waals surface area contributed by atoms with Crippen LogP contribution in [0, 0.1) is 0 Å². The van der Waals surface area contributed by atoms with Gasteiger partial charge in [-0.05, 0) is 17.7 Å². The smallest absolute Gasteiger partial charge is 0.251 e. The summed E-state index contributed by atoms with van der Waals surface area (Å²) in [6.45, 7) is 0.312. The monoisotopic (exact) mass is 277 g/mol. The van der Waals surface area contributed by atoms with Gasteiger partial charge in [0.25, 0.3) is 5.91 Å². The molecule has 0 unspecified atom stereocenters. The van der Waals surface area contributed by atoms with Gasteiger partial charge >= 0.3 is 0 Å². The summed E-state index contributed by atoms with van der Waals surface area (Å²) < 4.78 is 5.46. The lowest BCUT2D eigenvalue weighted by atomic mass is 10.2. The molecule has 0 saturated heterocycles. The molecule has 1 aromatic heterocycles. The Morgan fingerprint density at radius 1 is 1.32 bits per heavy atom. The van der Waals surface area contributed by atoms with E-state index in [0.29, 0.717) is 11.6 Å². The standard InChI is InChI=1S/C13H12ClN3O2/c14-9-3-1-8(2-4-9)7-19-12-5-10(13(16)18)11(15)6-17-12/h1-6H,7,15H2,(H2,16,18). The number of ether oxygens (including phenoxy) is 1. The number of hydrogen-bond donors (Lipinski definition) is 2. The summed E-state index contributed by atoms with van der Waals surface area (Å²) in [5.41, 5.74) is 12.1. The van der Waals surface area contributed by atoms with Gasteiger partial charge in [-0.25, -0.2) is 4.98 Å². The van der Waals surface area contributed by atoms with E-state index in [0.717, 1.165) is 5.56 Å². The summed E-state index contributed by atoms with van der Waals surface area (Å²) in [5, 5.41) is 0.658. The molecule has 0 aliphatic carbocycles. The fourth-order valence-corrected chi connectivity index (χ4v) is 1.60. The van der Waals surface area contributed by atoms with E-state index in [9.17, 15) is 4.79 Å². The molecule has 2 rings (SSSR count). The number of nitrogens with two attached hydrogens (primary N) is 2. The van der Waals surface area contributed by atoms with E-state index in [2.05, 4.69) is 4.98 Å². The minimum atomic E-state index is -0.615. The Labute approximate surface area is 115 Å².